The molecule has 9 unspecified atom stereocenters. The molecule has 0 saturated carbocycles. The number of amides is 4. The number of carboxylic acid groups (broad SMARTS) is 1. The molecular weight excluding hydrogens is 1600 g/mol. The molecule has 117 heavy (non-hydrogen) atoms. The molecule has 52 nitrogen and oxygen atoms in total. The van der Waals surface area contributed by atoms with Crippen LogP contribution in [0.4, 0.5) is 0 Å². The van der Waals surface area contributed by atoms with Gasteiger partial charge < -0.3 is 235 Å². The number of hydrogen-bond donors (Lipinski definition) is 30. The molecule has 676 valence electrons. The fourth-order valence-electron chi connectivity index (χ4n) is 14.9. The summed E-state index contributed by atoms with van der Waals surface area (Å²) in [5, 5.41) is 297. The molecule has 30 N–H and O–H groups in total. The van der Waals surface area contributed by atoms with E-state index in [4.69, 9.17) is 80.5 Å². The van der Waals surface area contributed by atoms with Gasteiger partial charge in [0, 0.05) is 34.1 Å². The number of carboxylic acids is 1. The van der Waals surface area contributed by atoms with Crippen LogP contribution >= 0.6 is 0 Å². The Kier molecular flexibility index (Phi) is 34.2. The topological polar surface area (TPSA) is 816 Å². The summed E-state index contributed by atoms with van der Waals surface area (Å²) in [4.78, 5) is 63.6. The summed E-state index contributed by atoms with van der Waals surface area (Å²) in [6.07, 6.45) is -86.9. The Hall–Kier alpha value is -4.33. The second-order valence-electron chi connectivity index (χ2n) is 29.7. The van der Waals surface area contributed by atoms with Gasteiger partial charge >= 0.3 is 5.97 Å². The third-order valence-corrected chi connectivity index (χ3v) is 21.3. The molecule has 9 heterocycles. The van der Waals surface area contributed by atoms with Crippen molar-refractivity contribution in [3.8, 4) is 0 Å². The average molecular weight is 1710 g/mol. The van der Waals surface area contributed by atoms with Crippen LogP contribution in [0.25, 0.3) is 0 Å². The summed E-state index contributed by atoms with van der Waals surface area (Å²) in [6.45, 7) is -3.81. The predicted molar refractivity (Wildman–Crippen MR) is 359 cm³/mol. The van der Waals surface area contributed by atoms with Gasteiger partial charge in [0.25, 0.3) is 5.79 Å². The third kappa shape index (κ3) is 21.5. The van der Waals surface area contributed by atoms with Crippen LogP contribution in [0.5, 0.6) is 0 Å². The summed E-state index contributed by atoms with van der Waals surface area (Å²) in [7, 11) is 0. The average Bonchev–Trinajstić information content (AvgIpc) is 0.768. The van der Waals surface area contributed by atoms with E-state index in [2.05, 4.69) is 21.3 Å². The van der Waals surface area contributed by atoms with E-state index in [9.17, 15) is 157 Å². The highest BCUT2D eigenvalue weighted by Crippen LogP contribution is 2.41. The molecule has 0 aromatic carbocycles. The molecular formula is C65H108N4O48. The first-order valence-corrected chi connectivity index (χ1v) is 37.1. The highest BCUT2D eigenvalue weighted by atomic mass is 16.8. The van der Waals surface area contributed by atoms with Gasteiger partial charge in [0.15, 0.2) is 50.3 Å². The number of hydrogen-bond acceptors (Lipinski definition) is 47. The SMILES string of the molecule is CC(=O)N[C@H]1[C@H]([C@H](O)[C@H](O)CO)OC(OC[C@H]2OC(O[C@H]3[C@H](O)[C@@H](NC(C)=O)C(O[C@@H]4C(O[C@H]5[C@H](O)[C@@H](COC6O[C@H](CO)[C@@H](O)[C@H](O)[C@@H]6O)OC(O[C@H]6[C@H](O)[C@@H](NC(C)=O)C(O[C@H]7[C@H](O)[C@@H](NC(C)=O)C(O)O[C@@H]7COC7O[C@@H](C)[C@@H](O)[C@@H](O)[C@@H]7O)O[C@@H]6CO)[C@H]5O)O[C@H](CO)[C@@H](O)[C@@H]4O)O[C@@H]3CO)[C@H](O)[C@@H](O)[C@H]2O)(C(=O)O)C[C@@H]1O. The number of carbonyl (C=O) groups is 5. The Bertz CT molecular complexity index is 3190. The highest BCUT2D eigenvalue weighted by molar-refractivity contribution is 5.77. The van der Waals surface area contributed by atoms with Crippen LogP contribution in [0.2, 0.25) is 0 Å². The van der Waals surface area contributed by atoms with Crippen molar-refractivity contribution < 1.29 is 237 Å². The van der Waals surface area contributed by atoms with Gasteiger partial charge in [-0.25, -0.2) is 4.79 Å². The van der Waals surface area contributed by atoms with Gasteiger partial charge in [-0.1, -0.05) is 0 Å². The van der Waals surface area contributed by atoms with Crippen LogP contribution in [-0.4, -0.2) is 497 Å². The molecule has 0 radical (unpaired) electrons. The fraction of sp³-hybridized carbons (Fsp3) is 0.923. The van der Waals surface area contributed by atoms with Gasteiger partial charge in [-0.05, 0) is 6.92 Å². The van der Waals surface area contributed by atoms with Gasteiger partial charge in [-0.2, -0.15) is 0 Å². The van der Waals surface area contributed by atoms with E-state index in [1.807, 2.05) is 0 Å². The van der Waals surface area contributed by atoms with Crippen molar-refractivity contribution >= 4 is 29.6 Å². The minimum Gasteiger partial charge on any atom is -0.477 e. The van der Waals surface area contributed by atoms with Gasteiger partial charge in [-0.3, -0.25) is 19.2 Å². The lowest BCUT2D eigenvalue weighted by molar-refractivity contribution is -0.398. The molecule has 0 aliphatic carbocycles. The van der Waals surface area contributed by atoms with Crippen LogP contribution in [0.15, 0.2) is 0 Å². The lowest BCUT2D eigenvalue weighted by Gasteiger charge is -2.51. The van der Waals surface area contributed by atoms with Crippen LogP contribution in [0, 0.1) is 0 Å². The second kappa shape index (κ2) is 41.4. The summed E-state index contributed by atoms with van der Waals surface area (Å²) in [5.74, 6) is -8.76. The van der Waals surface area contributed by atoms with Crippen molar-refractivity contribution in [2.24, 2.45) is 0 Å². The van der Waals surface area contributed by atoms with Crippen molar-refractivity contribution in [1.82, 2.24) is 21.3 Å². The van der Waals surface area contributed by atoms with E-state index in [-0.39, 0.29) is 0 Å². The Morgan fingerprint density at radius 3 is 1.24 bits per heavy atom. The number of aliphatic hydroxyl groups is 25. The maximum absolute atomic E-state index is 13.1. The maximum Gasteiger partial charge on any atom is 0.364 e. The molecule has 9 rings (SSSR count). The fourth-order valence-corrected chi connectivity index (χ4v) is 14.9. The zero-order valence-corrected chi connectivity index (χ0v) is 63.0. The van der Waals surface area contributed by atoms with Crippen molar-refractivity contribution in [1.29, 1.82) is 0 Å². The van der Waals surface area contributed by atoms with Crippen molar-refractivity contribution in [3.63, 3.8) is 0 Å². The van der Waals surface area contributed by atoms with Crippen molar-refractivity contribution in [2.45, 2.75) is 323 Å². The van der Waals surface area contributed by atoms with Crippen LogP contribution in [0.3, 0.4) is 0 Å². The van der Waals surface area contributed by atoms with Gasteiger partial charge in [-0.15, -0.1) is 0 Å². The molecule has 9 aliphatic rings. The number of aliphatic carboxylic acids is 1. The number of carbonyl (C=O) groups excluding carboxylic acids is 4. The molecule has 52 heteroatoms. The molecule has 9 aliphatic heterocycles. The van der Waals surface area contributed by atoms with E-state index >= 15 is 0 Å². The minimum absolute atomic E-state index is 0.827. The first-order chi connectivity index (χ1) is 55.1. The molecule has 46 atom stereocenters. The summed E-state index contributed by atoms with van der Waals surface area (Å²) in [6, 6.07) is -7.43. The smallest absolute Gasteiger partial charge is 0.364 e. The molecule has 0 bridgehead atoms. The standard InChI is InChI=1S/C65H108N4O48/c1-15-33(81)42(90)46(94)59(104-15)102-13-28-52(39(87)30(56(98)105-28)67-17(3)76)112-57-31(68-18(4)77)40(88)51(25(11-74)108-57)114-62-49(97)54(38(86)26(110-62)12-101-60-47(95)43(91)35(83)22(8-71)106-60)115-63-55(45(93)36(84)23(9-72)107-63)116-58-32(69-19(5)78)41(89)50(24(10-73)109-58)113-61-48(96)44(92)37(85)27(111-61)14-103-65(64(99)100)6-20(79)29(66-16(2)75)53(117-65)34(82)21(80)7-70/h15,20-63,70-74,79-98H,6-14H2,1-5H3,(H,66,75)(H,67,76)(H,68,77)(H,69,78)(H,99,100)/t15-,20-,21+,22+,23+,24+,25+,26+,27+,28+,29+,30+,31+,32+,33+,34+,35+,36+,37-,38+,39+,40+,41+,42+,43-,44-,45-,46-,47-,48+,49-,50+,51+,52+,53+,54-,55-,56?,57?,58?,59?,60?,61?,62?,63?,65?/m0/s1. The normalized spacial score (nSPS) is 47.9. The third-order valence-electron chi connectivity index (χ3n) is 21.3. The lowest BCUT2D eigenvalue weighted by Crippen LogP contribution is -2.71. The molecule has 4 amide bonds. The van der Waals surface area contributed by atoms with E-state index in [0.29, 0.717) is 0 Å². The zero-order valence-electron chi connectivity index (χ0n) is 63.0. The van der Waals surface area contributed by atoms with E-state index < -0.39 is 371 Å². The monoisotopic (exact) mass is 1710 g/mol. The molecule has 0 aromatic rings. The summed E-state index contributed by atoms with van der Waals surface area (Å²) in [5.41, 5.74) is 0. The first-order valence-electron chi connectivity index (χ1n) is 37.1. The number of aliphatic hydroxyl groups excluding tert-OH is 25. The quantitative estimate of drug-likeness (QED) is 0.0306. The first kappa shape index (κ1) is 96.5. The van der Waals surface area contributed by atoms with Gasteiger partial charge in [0.05, 0.1) is 71.1 Å². The van der Waals surface area contributed by atoms with Crippen molar-refractivity contribution in [3.05, 3.63) is 0 Å². The number of rotatable bonds is 31. The van der Waals surface area contributed by atoms with Gasteiger partial charge in [0.2, 0.25) is 23.6 Å². The van der Waals surface area contributed by atoms with Crippen molar-refractivity contribution in [2.75, 3.05) is 52.9 Å². The Balaban J connectivity index is 0.983. The molecule has 9 fully saturated rings. The van der Waals surface area contributed by atoms with E-state index in [1.165, 1.54) is 6.92 Å². The zero-order chi connectivity index (χ0) is 86.6. The van der Waals surface area contributed by atoms with E-state index in [1.54, 1.807) is 0 Å². The van der Waals surface area contributed by atoms with Crippen LogP contribution < -0.4 is 21.3 Å². The highest BCUT2D eigenvalue weighted by Gasteiger charge is 2.62. The Labute approximate surface area is 662 Å². The largest absolute Gasteiger partial charge is 0.477 e. The Morgan fingerprint density at radius 2 is 0.744 bits per heavy atom. The maximum atomic E-state index is 13.1. The van der Waals surface area contributed by atoms with Crippen LogP contribution in [-0.2, 0) is 104 Å². The number of nitrogens with one attached hydrogen (secondary N) is 4. The van der Waals surface area contributed by atoms with Gasteiger partial charge in [0.1, 0.15) is 207 Å². The second-order valence-corrected chi connectivity index (χ2v) is 29.7. The lowest BCUT2D eigenvalue weighted by atomic mass is 9.88. The molecule has 0 spiro atoms. The molecule has 9 saturated heterocycles. The minimum atomic E-state index is -3.08. The summed E-state index contributed by atoms with van der Waals surface area (Å²) >= 11 is 0. The number of ether oxygens (including phenoxy) is 17. The Morgan fingerprint density at radius 1 is 0.368 bits per heavy atom. The van der Waals surface area contributed by atoms with E-state index in [0.717, 1.165) is 27.7 Å². The van der Waals surface area contributed by atoms with Crippen LogP contribution in [0.1, 0.15) is 41.0 Å². The molecule has 0 aromatic heterocycles. The predicted octanol–water partition coefficient (Wildman–Crippen LogP) is -19.8. The summed E-state index contributed by atoms with van der Waals surface area (Å²) < 4.78 is 99.7.